The lowest BCUT2D eigenvalue weighted by atomic mass is 10.2. The van der Waals surface area contributed by atoms with E-state index in [0.717, 1.165) is 15.7 Å². The predicted molar refractivity (Wildman–Crippen MR) is 104 cm³/mol. The molecule has 0 fully saturated rings. The average Bonchev–Trinajstić information content (AvgIpc) is 3.11. The fourth-order valence-corrected chi connectivity index (χ4v) is 2.84. The Labute approximate surface area is 164 Å². The van der Waals surface area contributed by atoms with Crippen LogP contribution in [0.2, 0.25) is 5.02 Å². The lowest BCUT2D eigenvalue weighted by Gasteiger charge is -2.12. The zero-order chi connectivity index (χ0) is 18.5. The third-order valence-electron chi connectivity index (χ3n) is 3.59. The molecule has 0 aliphatic rings. The van der Waals surface area contributed by atoms with Crippen LogP contribution in [0, 0.1) is 0 Å². The van der Waals surface area contributed by atoms with Crippen LogP contribution in [0.25, 0.3) is 11.8 Å². The molecule has 0 spiro atoms. The SMILES string of the molecule is CC(NC(=O)/C=C/c1ccc(Cl)cc1)c1nnnn1-c1cccc(Br)c1. The Morgan fingerprint density at radius 2 is 2.04 bits per heavy atom. The summed E-state index contributed by atoms with van der Waals surface area (Å²) in [5, 5.41) is 15.3. The van der Waals surface area contributed by atoms with Gasteiger partial charge in [0.1, 0.15) is 0 Å². The maximum atomic E-state index is 12.2. The van der Waals surface area contributed by atoms with Gasteiger partial charge in [0.2, 0.25) is 5.91 Å². The molecule has 8 heteroatoms. The molecule has 26 heavy (non-hydrogen) atoms. The van der Waals surface area contributed by atoms with Gasteiger partial charge in [-0.05, 0) is 59.3 Å². The first-order valence-electron chi connectivity index (χ1n) is 7.81. The normalized spacial score (nSPS) is 12.3. The number of carbonyl (C=O) groups excluding carboxylic acids is 1. The Hall–Kier alpha value is -2.51. The van der Waals surface area contributed by atoms with Gasteiger partial charge in [0.05, 0.1) is 11.7 Å². The molecule has 6 nitrogen and oxygen atoms in total. The van der Waals surface area contributed by atoms with E-state index >= 15 is 0 Å². The van der Waals surface area contributed by atoms with Crippen LogP contribution in [0.5, 0.6) is 0 Å². The van der Waals surface area contributed by atoms with E-state index in [1.165, 1.54) is 6.08 Å². The minimum absolute atomic E-state index is 0.240. The molecule has 1 atom stereocenters. The van der Waals surface area contributed by atoms with E-state index < -0.39 is 0 Å². The number of hydrogen-bond acceptors (Lipinski definition) is 4. The summed E-state index contributed by atoms with van der Waals surface area (Å²) in [4.78, 5) is 12.2. The number of halogens is 2. The first-order valence-corrected chi connectivity index (χ1v) is 8.98. The third-order valence-corrected chi connectivity index (χ3v) is 4.33. The molecule has 0 saturated carbocycles. The number of hydrogen-bond donors (Lipinski definition) is 1. The van der Waals surface area contributed by atoms with Gasteiger partial charge in [0.25, 0.3) is 0 Å². The highest BCUT2D eigenvalue weighted by molar-refractivity contribution is 9.10. The van der Waals surface area contributed by atoms with Crippen molar-refractivity contribution >= 4 is 39.5 Å². The van der Waals surface area contributed by atoms with Crippen LogP contribution < -0.4 is 5.32 Å². The minimum atomic E-state index is -0.369. The van der Waals surface area contributed by atoms with Gasteiger partial charge >= 0.3 is 0 Å². The molecule has 0 radical (unpaired) electrons. The Morgan fingerprint density at radius 1 is 1.27 bits per heavy atom. The molecule has 1 unspecified atom stereocenters. The van der Waals surface area contributed by atoms with E-state index in [4.69, 9.17) is 11.6 Å². The van der Waals surface area contributed by atoms with E-state index in [2.05, 4.69) is 36.8 Å². The Bertz CT molecular complexity index is 939. The number of amides is 1. The van der Waals surface area contributed by atoms with Gasteiger partial charge in [-0.2, -0.15) is 4.68 Å². The van der Waals surface area contributed by atoms with Crippen molar-refractivity contribution in [3.05, 3.63) is 75.5 Å². The second kappa shape index (κ2) is 8.25. The van der Waals surface area contributed by atoms with Crippen LogP contribution in [0.1, 0.15) is 24.4 Å². The van der Waals surface area contributed by atoms with Crippen LogP contribution in [0.15, 0.2) is 59.1 Å². The van der Waals surface area contributed by atoms with Crippen LogP contribution >= 0.6 is 27.5 Å². The van der Waals surface area contributed by atoms with Gasteiger partial charge < -0.3 is 5.32 Å². The summed E-state index contributed by atoms with van der Waals surface area (Å²) >= 11 is 9.28. The molecular weight excluding hydrogens is 418 g/mol. The van der Waals surface area contributed by atoms with Gasteiger partial charge in [-0.3, -0.25) is 4.79 Å². The molecule has 1 heterocycles. The lowest BCUT2D eigenvalue weighted by Crippen LogP contribution is -2.27. The number of carbonyl (C=O) groups is 1. The summed E-state index contributed by atoms with van der Waals surface area (Å²) < 4.78 is 2.51. The number of rotatable bonds is 5. The average molecular weight is 433 g/mol. The third kappa shape index (κ3) is 4.56. The molecule has 2 aromatic carbocycles. The summed E-state index contributed by atoms with van der Waals surface area (Å²) in [5.41, 5.74) is 1.69. The first-order chi connectivity index (χ1) is 12.5. The molecular formula is C18H15BrClN5O. The van der Waals surface area contributed by atoms with Crippen molar-refractivity contribution < 1.29 is 4.79 Å². The monoisotopic (exact) mass is 431 g/mol. The number of nitrogens with one attached hydrogen (secondary N) is 1. The highest BCUT2D eigenvalue weighted by Gasteiger charge is 2.17. The maximum absolute atomic E-state index is 12.2. The molecule has 0 bridgehead atoms. The molecule has 132 valence electrons. The first kappa shape index (κ1) is 18.3. The van der Waals surface area contributed by atoms with Crippen molar-refractivity contribution in [2.45, 2.75) is 13.0 Å². The molecule has 1 aromatic heterocycles. The molecule has 0 aliphatic heterocycles. The van der Waals surface area contributed by atoms with Crippen LogP contribution in [-0.4, -0.2) is 26.1 Å². The van der Waals surface area contributed by atoms with E-state index in [-0.39, 0.29) is 11.9 Å². The van der Waals surface area contributed by atoms with E-state index in [0.29, 0.717) is 10.8 Å². The van der Waals surface area contributed by atoms with Crippen molar-refractivity contribution in [2.75, 3.05) is 0 Å². The summed E-state index contributed by atoms with van der Waals surface area (Å²) in [7, 11) is 0. The van der Waals surface area contributed by atoms with Crippen molar-refractivity contribution in [1.82, 2.24) is 25.5 Å². The number of aromatic nitrogens is 4. The maximum Gasteiger partial charge on any atom is 0.244 e. The highest BCUT2D eigenvalue weighted by Crippen LogP contribution is 2.18. The number of nitrogens with zero attached hydrogens (tertiary/aromatic N) is 4. The van der Waals surface area contributed by atoms with E-state index in [1.807, 2.05) is 43.3 Å². The predicted octanol–water partition coefficient (Wildman–Crippen LogP) is 3.97. The number of tetrazole rings is 1. The molecule has 1 N–H and O–H groups in total. The zero-order valence-electron chi connectivity index (χ0n) is 13.8. The standard InChI is InChI=1S/C18H15BrClN5O/c1-12(21-17(26)10-7-13-5-8-15(20)9-6-13)18-22-23-24-25(18)16-4-2-3-14(19)11-16/h2-12H,1H3,(H,21,26)/b10-7+. The van der Waals surface area contributed by atoms with Crippen molar-refractivity contribution in [1.29, 1.82) is 0 Å². The summed E-state index contributed by atoms with van der Waals surface area (Å²) in [6.45, 7) is 1.83. The second-order valence-corrected chi connectivity index (χ2v) is 6.90. The molecule has 3 rings (SSSR count). The van der Waals surface area contributed by atoms with Gasteiger partial charge in [-0.1, -0.05) is 45.7 Å². The number of benzene rings is 2. The second-order valence-electron chi connectivity index (χ2n) is 5.54. The van der Waals surface area contributed by atoms with E-state index in [1.54, 1.807) is 22.9 Å². The quantitative estimate of drug-likeness (QED) is 0.619. The fourth-order valence-electron chi connectivity index (χ4n) is 2.33. The Morgan fingerprint density at radius 3 is 2.77 bits per heavy atom. The zero-order valence-corrected chi connectivity index (χ0v) is 16.1. The van der Waals surface area contributed by atoms with Crippen LogP contribution in [0.4, 0.5) is 0 Å². The van der Waals surface area contributed by atoms with Gasteiger partial charge in [0.15, 0.2) is 5.82 Å². The summed E-state index contributed by atoms with van der Waals surface area (Å²) in [6, 6.07) is 14.4. The van der Waals surface area contributed by atoms with Crippen LogP contribution in [0.3, 0.4) is 0 Å². The molecule has 0 saturated heterocycles. The summed E-state index contributed by atoms with van der Waals surface area (Å²) in [5.74, 6) is 0.299. The smallest absolute Gasteiger partial charge is 0.244 e. The van der Waals surface area contributed by atoms with E-state index in [9.17, 15) is 4.79 Å². The van der Waals surface area contributed by atoms with Crippen LogP contribution in [-0.2, 0) is 4.79 Å². The van der Waals surface area contributed by atoms with Crippen molar-refractivity contribution in [3.63, 3.8) is 0 Å². The molecule has 1 amide bonds. The van der Waals surface area contributed by atoms with Crippen molar-refractivity contribution in [3.8, 4) is 5.69 Å². The largest absolute Gasteiger partial charge is 0.343 e. The molecule has 0 aliphatic carbocycles. The molecule has 3 aromatic rings. The Kier molecular flexibility index (Phi) is 5.80. The lowest BCUT2D eigenvalue weighted by molar-refractivity contribution is -0.117. The Balaban J connectivity index is 1.70. The fraction of sp³-hybridized carbons (Fsp3) is 0.111. The van der Waals surface area contributed by atoms with Gasteiger partial charge in [-0.15, -0.1) is 5.10 Å². The van der Waals surface area contributed by atoms with Gasteiger partial charge in [-0.25, -0.2) is 0 Å². The summed E-state index contributed by atoms with van der Waals surface area (Å²) in [6.07, 6.45) is 3.18. The van der Waals surface area contributed by atoms with Gasteiger partial charge in [0, 0.05) is 15.6 Å². The topological polar surface area (TPSA) is 72.7 Å². The van der Waals surface area contributed by atoms with Crippen molar-refractivity contribution in [2.24, 2.45) is 0 Å². The minimum Gasteiger partial charge on any atom is -0.343 e. The highest BCUT2D eigenvalue weighted by atomic mass is 79.9.